The van der Waals surface area contributed by atoms with Gasteiger partial charge >= 0.3 is 0 Å². The summed E-state index contributed by atoms with van der Waals surface area (Å²) >= 11 is 1.60. The van der Waals surface area contributed by atoms with Crippen LogP contribution in [-0.4, -0.2) is 49.2 Å². The highest BCUT2D eigenvalue weighted by atomic mass is 32.1. The molecule has 5 nitrogen and oxygen atoms in total. The van der Waals surface area contributed by atoms with Crippen LogP contribution < -0.4 is 5.32 Å². The van der Waals surface area contributed by atoms with Crippen LogP contribution in [0, 0.1) is 0 Å². The molecule has 1 aromatic rings. The summed E-state index contributed by atoms with van der Waals surface area (Å²) in [6.07, 6.45) is 1.34. The van der Waals surface area contributed by atoms with Gasteiger partial charge in [0.05, 0.1) is 31.4 Å². The third-order valence-corrected chi connectivity index (χ3v) is 2.83. The van der Waals surface area contributed by atoms with Crippen molar-refractivity contribution in [3.05, 3.63) is 16.6 Å². The summed E-state index contributed by atoms with van der Waals surface area (Å²) in [5.74, 6) is 0. The first-order valence-electron chi connectivity index (χ1n) is 5.74. The number of nitrogens with zero attached hydrogens (tertiary/aromatic N) is 1. The second kappa shape index (κ2) is 9.49. The minimum atomic E-state index is -0.482. The predicted octanol–water partition coefficient (Wildman–Crippen LogP) is 0.647. The van der Waals surface area contributed by atoms with Crippen LogP contribution in [0.5, 0.6) is 0 Å². The summed E-state index contributed by atoms with van der Waals surface area (Å²) < 4.78 is 10.4. The molecule has 0 radical (unpaired) electrons. The normalized spacial score (nSPS) is 12.8. The van der Waals surface area contributed by atoms with Gasteiger partial charge in [0, 0.05) is 30.8 Å². The summed E-state index contributed by atoms with van der Waals surface area (Å²) in [6, 6.07) is 0. The van der Waals surface area contributed by atoms with E-state index in [1.54, 1.807) is 16.8 Å². The van der Waals surface area contributed by atoms with Crippen LogP contribution in [0.3, 0.4) is 0 Å². The predicted molar refractivity (Wildman–Crippen MR) is 67.1 cm³/mol. The molecular weight excluding hydrogens is 240 g/mol. The van der Waals surface area contributed by atoms with Crippen molar-refractivity contribution >= 4 is 11.3 Å². The Bertz CT molecular complexity index is 270. The van der Waals surface area contributed by atoms with E-state index in [0.29, 0.717) is 33.0 Å². The van der Waals surface area contributed by atoms with Crippen molar-refractivity contribution in [1.82, 2.24) is 10.3 Å². The fourth-order valence-electron chi connectivity index (χ4n) is 1.23. The van der Waals surface area contributed by atoms with E-state index in [9.17, 15) is 5.11 Å². The van der Waals surface area contributed by atoms with E-state index in [0.717, 1.165) is 11.4 Å². The molecule has 0 saturated carbocycles. The van der Waals surface area contributed by atoms with Crippen molar-refractivity contribution in [2.24, 2.45) is 0 Å². The third-order valence-electron chi connectivity index (χ3n) is 2.05. The van der Waals surface area contributed by atoms with Crippen molar-refractivity contribution in [1.29, 1.82) is 0 Å². The van der Waals surface area contributed by atoms with E-state index >= 15 is 0 Å². The van der Waals surface area contributed by atoms with Crippen molar-refractivity contribution in [2.45, 2.75) is 19.6 Å². The Balaban J connectivity index is 1.92. The molecule has 98 valence electrons. The van der Waals surface area contributed by atoms with Gasteiger partial charge in [0.25, 0.3) is 0 Å². The molecule has 17 heavy (non-hydrogen) atoms. The Kier molecular flexibility index (Phi) is 8.12. The van der Waals surface area contributed by atoms with E-state index in [1.165, 1.54) is 0 Å². The highest BCUT2D eigenvalue weighted by Crippen LogP contribution is 2.03. The van der Waals surface area contributed by atoms with Gasteiger partial charge in [0.2, 0.25) is 0 Å². The van der Waals surface area contributed by atoms with E-state index in [-0.39, 0.29) is 0 Å². The van der Waals surface area contributed by atoms with E-state index in [1.807, 2.05) is 13.1 Å². The van der Waals surface area contributed by atoms with Crippen LogP contribution >= 0.6 is 11.3 Å². The van der Waals surface area contributed by atoms with Crippen molar-refractivity contribution in [3.8, 4) is 0 Å². The second-order valence-corrected chi connectivity index (χ2v) is 4.50. The van der Waals surface area contributed by atoms with Gasteiger partial charge in [-0.25, -0.2) is 0 Å². The molecule has 0 fully saturated rings. The van der Waals surface area contributed by atoms with Gasteiger partial charge in [-0.1, -0.05) is 0 Å². The molecule has 0 amide bonds. The lowest BCUT2D eigenvalue weighted by Crippen LogP contribution is -2.30. The smallest absolute Gasteiger partial charge is 0.0897 e. The Morgan fingerprint density at radius 1 is 1.47 bits per heavy atom. The number of aromatic nitrogens is 1. The number of aliphatic hydroxyl groups is 1. The Hall–Kier alpha value is -0.530. The zero-order valence-corrected chi connectivity index (χ0v) is 10.9. The third kappa shape index (κ3) is 7.40. The SMILES string of the molecule is CCOCCOCC(O)CNCc1cncs1. The van der Waals surface area contributed by atoms with Crippen LogP contribution in [-0.2, 0) is 16.0 Å². The maximum Gasteiger partial charge on any atom is 0.0897 e. The number of hydrogen-bond acceptors (Lipinski definition) is 6. The first-order valence-corrected chi connectivity index (χ1v) is 6.62. The molecule has 1 heterocycles. The zero-order valence-electron chi connectivity index (χ0n) is 10.1. The fourth-order valence-corrected chi connectivity index (χ4v) is 1.80. The number of hydrogen-bond donors (Lipinski definition) is 2. The van der Waals surface area contributed by atoms with Crippen LogP contribution in [0.25, 0.3) is 0 Å². The summed E-state index contributed by atoms with van der Waals surface area (Å²) in [5.41, 5.74) is 1.80. The van der Waals surface area contributed by atoms with Crippen molar-refractivity contribution in [3.63, 3.8) is 0 Å². The molecule has 0 aromatic carbocycles. The molecule has 0 aliphatic carbocycles. The quantitative estimate of drug-likeness (QED) is 0.605. The van der Waals surface area contributed by atoms with E-state index in [4.69, 9.17) is 9.47 Å². The molecule has 1 atom stereocenters. The zero-order chi connectivity index (χ0) is 12.3. The molecule has 6 heteroatoms. The number of rotatable bonds is 10. The number of ether oxygens (including phenoxy) is 2. The topological polar surface area (TPSA) is 63.6 Å². The van der Waals surface area contributed by atoms with Crippen LogP contribution in [0.15, 0.2) is 11.7 Å². The van der Waals surface area contributed by atoms with Gasteiger partial charge in [-0.15, -0.1) is 11.3 Å². The minimum absolute atomic E-state index is 0.336. The average Bonchev–Trinajstić information content (AvgIpc) is 2.82. The highest BCUT2D eigenvalue weighted by molar-refractivity contribution is 7.09. The lowest BCUT2D eigenvalue weighted by Gasteiger charge is -2.11. The largest absolute Gasteiger partial charge is 0.389 e. The summed E-state index contributed by atoms with van der Waals surface area (Å²) in [7, 11) is 0. The Morgan fingerprint density at radius 2 is 2.29 bits per heavy atom. The van der Waals surface area contributed by atoms with Gasteiger partial charge in [-0.05, 0) is 6.92 Å². The summed E-state index contributed by atoms with van der Waals surface area (Å²) in [6.45, 7) is 5.34. The highest BCUT2D eigenvalue weighted by Gasteiger charge is 2.04. The lowest BCUT2D eigenvalue weighted by atomic mass is 10.3. The molecule has 0 bridgehead atoms. The number of nitrogens with one attached hydrogen (secondary N) is 1. The number of thiazole rings is 1. The first-order chi connectivity index (χ1) is 8.33. The molecule has 2 N–H and O–H groups in total. The Labute approximate surface area is 106 Å². The van der Waals surface area contributed by atoms with Crippen LogP contribution in [0.2, 0.25) is 0 Å². The molecule has 1 rings (SSSR count). The first kappa shape index (κ1) is 14.5. The van der Waals surface area contributed by atoms with Crippen molar-refractivity contribution in [2.75, 3.05) is 33.0 Å². The second-order valence-electron chi connectivity index (χ2n) is 3.52. The molecule has 0 aliphatic heterocycles. The fraction of sp³-hybridized carbons (Fsp3) is 0.727. The molecule has 1 unspecified atom stereocenters. The van der Waals surface area contributed by atoms with Gasteiger partial charge < -0.3 is 19.9 Å². The maximum atomic E-state index is 9.59. The number of aliphatic hydroxyl groups excluding tert-OH is 1. The minimum Gasteiger partial charge on any atom is -0.389 e. The molecule has 0 saturated heterocycles. The average molecular weight is 260 g/mol. The molecule has 1 aromatic heterocycles. The summed E-state index contributed by atoms with van der Waals surface area (Å²) in [5, 5.41) is 12.7. The van der Waals surface area contributed by atoms with Gasteiger partial charge in [-0.2, -0.15) is 0 Å². The van der Waals surface area contributed by atoms with E-state index < -0.39 is 6.10 Å². The van der Waals surface area contributed by atoms with Gasteiger partial charge in [-0.3, -0.25) is 4.98 Å². The van der Waals surface area contributed by atoms with Crippen molar-refractivity contribution < 1.29 is 14.6 Å². The monoisotopic (exact) mass is 260 g/mol. The molecule has 0 spiro atoms. The van der Waals surface area contributed by atoms with Crippen LogP contribution in [0.1, 0.15) is 11.8 Å². The molecule has 0 aliphatic rings. The maximum absolute atomic E-state index is 9.59. The lowest BCUT2D eigenvalue weighted by molar-refractivity contribution is 0.00644. The summed E-state index contributed by atoms with van der Waals surface area (Å²) in [4.78, 5) is 5.14. The van der Waals surface area contributed by atoms with E-state index in [2.05, 4.69) is 10.3 Å². The van der Waals surface area contributed by atoms with Gasteiger partial charge in [0.15, 0.2) is 0 Å². The van der Waals surface area contributed by atoms with Gasteiger partial charge in [0.1, 0.15) is 0 Å². The standard InChI is InChI=1S/C11H20N2O3S/c1-2-15-3-4-16-8-10(14)5-12-6-11-7-13-9-17-11/h7,9-10,12,14H,2-6,8H2,1H3. The molecular formula is C11H20N2O3S. The van der Waals surface area contributed by atoms with Crippen LogP contribution in [0.4, 0.5) is 0 Å². The Morgan fingerprint density at radius 3 is 3.00 bits per heavy atom.